The largest absolute Gasteiger partial charge is 0.381 e. The molecule has 4 saturated carbocycles. The van der Waals surface area contributed by atoms with Crippen LogP contribution in [0.25, 0.3) is 0 Å². The number of Topliss-reactive ketones (excluding diaryl/α,β-unsaturated/α-hetero) is 1. The lowest BCUT2D eigenvalue weighted by Crippen LogP contribution is -2.54. The molecule has 0 spiro atoms. The first-order valence-electron chi connectivity index (χ1n) is 12.0. The van der Waals surface area contributed by atoms with Gasteiger partial charge in [-0.1, -0.05) is 20.8 Å². The van der Waals surface area contributed by atoms with Crippen LogP contribution in [-0.2, 0) is 9.53 Å². The van der Waals surface area contributed by atoms with Gasteiger partial charge in [-0.15, -0.1) is 0 Å². The van der Waals surface area contributed by atoms with Crippen LogP contribution in [0.1, 0.15) is 91.9 Å². The molecule has 4 aliphatic rings. The first-order valence-corrected chi connectivity index (χ1v) is 12.0. The second-order valence-corrected chi connectivity index (χ2v) is 11.2. The summed E-state index contributed by atoms with van der Waals surface area (Å²) in [6.45, 7) is 11.1. The Morgan fingerprint density at radius 3 is 2.44 bits per heavy atom. The molecule has 2 nitrogen and oxygen atoms in total. The van der Waals surface area contributed by atoms with Gasteiger partial charge in [0.25, 0.3) is 0 Å². The smallest absolute Gasteiger partial charge is 0.133 e. The van der Waals surface area contributed by atoms with Crippen LogP contribution in [0.2, 0.25) is 0 Å². The summed E-state index contributed by atoms with van der Waals surface area (Å²) in [5.74, 6) is 5.14. The molecule has 0 aromatic heterocycles. The topological polar surface area (TPSA) is 26.3 Å². The van der Waals surface area contributed by atoms with E-state index in [1.165, 1.54) is 51.4 Å². The average Bonchev–Trinajstić information content (AvgIpc) is 2.99. The summed E-state index contributed by atoms with van der Waals surface area (Å²) in [6, 6.07) is 0. The Morgan fingerprint density at radius 2 is 1.70 bits per heavy atom. The van der Waals surface area contributed by atoms with Crippen molar-refractivity contribution in [1.82, 2.24) is 0 Å². The van der Waals surface area contributed by atoms with Gasteiger partial charge in [0.05, 0.1) is 0 Å². The van der Waals surface area contributed by atoms with E-state index in [4.69, 9.17) is 4.74 Å². The fourth-order valence-electron chi connectivity index (χ4n) is 8.56. The second-order valence-electron chi connectivity index (χ2n) is 11.2. The fraction of sp³-hybridized carbons (Fsp3) is 0.960. The van der Waals surface area contributed by atoms with Crippen molar-refractivity contribution in [3.05, 3.63) is 0 Å². The van der Waals surface area contributed by atoms with Crippen LogP contribution >= 0.6 is 0 Å². The lowest BCUT2D eigenvalue weighted by molar-refractivity contribution is -0.136. The van der Waals surface area contributed by atoms with Crippen molar-refractivity contribution in [3.63, 3.8) is 0 Å². The molecule has 0 heterocycles. The van der Waals surface area contributed by atoms with Crippen LogP contribution in [0.5, 0.6) is 0 Å². The SMILES string of the molecule is CCCOCC1CC[C@@]2(C)[C@@H](CC[C@@H]3[C@@H]2CC[C@]2(C)[C@@H](C(C)=O)CC[C@@H]32)C1. The average molecular weight is 375 g/mol. The summed E-state index contributed by atoms with van der Waals surface area (Å²) in [5.41, 5.74) is 0.862. The minimum atomic E-state index is 0.307. The summed E-state index contributed by atoms with van der Waals surface area (Å²) in [4.78, 5) is 12.3. The predicted octanol–water partition coefficient (Wildman–Crippen LogP) is 6.28. The lowest BCUT2D eigenvalue weighted by Gasteiger charge is -2.61. The van der Waals surface area contributed by atoms with Crippen molar-refractivity contribution in [3.8, 4) is 0 Å². The van der Waals surface area contributed by atoms with Gasteiger partial charge in [-0.05, 0) is 112 Å². The van der Waals surface area contributed by atoms with Crippen LogP contribution < -0.4 is 0 Å². The van der Waals surface area contributed by atoms with E-state index < -0.39 is 0 Å². The molecule has 0 aromatic carbocycles. The van der Waals surface area contributed by atoms with Crippen molar-refractivity contribution < 1.29 is 9.53 Å². The quantitative estimate of drug-likeness (QED) is 0.530. The maximum atomic E-state index is 12.3. The first kappa shape index (κ1) is 19.9. The highest BCUT2D eigenvalue weighted by molar-refractivity contribution is 5.79. The van der Waals surface area contributed by atoms with Crippen LogP contribution in [0.3, 0.4) is 0 Å². The van der Waals surface area contributed by atoms with Crippen LogP contribution in [-0.4, -0.2) is 19.0 Å². The molecule has 0 radical (unpaired) electrons. The monoisotopic (exact) mass is 374 g/mol. The van der Waals surface area contributed by atoms with Gasteiger partial charge in [0.1, 0.15) is 5.78 Å². The van der Waals surface area contributed by atoms with E-state index in [2.05, 4.69) is 20.8 Å². The number of carbonyl (C=O) groups excluding carboxylic acids is 1. The van der Waals surface area contributed by atoms with Gasteiger partial charge in [-0.25, -0.2) is 0 Å². The Balaban J connectivity index is 1.47. The van der Waals surface area contributed by atoms with Crippen LogP contribution in [0.15, 0.2) is 0 Å². The third kappa shape index (κ3) is 3.22. The van der Waals surface area contributed by atoms with Gasteiger partial charge in [0, 0.05) is 19.1 Å². The molecule has 0 aliphatic heterocycles. The highest BCUT2D eigenvalue weighted by atomic mass is 16.5. The molecule has 4 rings (SSSR count). The van der Waals surface area contributed by atoms with Gasteiger partial charge in [-0.2, -0.15) is 0 Å². The number of carbonyl (C=O) groups is 1. The highest BCUT2D eigenvalue weighted by Gasteiger charge is 2.60. The summed E-state index contributed by atoms with van der Waals surface area (Å²) in [7, 11) is 0. The first-order chi connectivity index (χ1) is 12.9. The molecule has 0 aromatic rings. The molecule has 2 heteroatoms. The minimum Gasteiger partial charge on any atom is -0.381 e. The molecular formula is C25H42O2. The standard InChI is InChI=1S/C25H42O2/c1-5-14-27-16-18-10-12-24(3)19(15-18)6-7-20-22-9-8-21(17(2)26)25(22,4)13-11-23(20)24/h18-23H,5-16H2,1-4H3/t18?,19-,20-,21+,22-,23-,24-,25+/m0/s1. The van der Waals surface area contributed by atoms with E-state index >= 15 is 0 Å². The second kappa shape index (κ2) is 7.47. The third-order valence-corrected chi connectivity index (χ3v) is 9.97. The van der Waals surface area contributed by atoms with Gasteiger partial charge >= 0.3 is 0 Å². The number of hydrogen-bond donors (Lipinski definition) is 0. The number of fused-ring (bicyclic) bond motifs is 5. The van der Waals surface area contributed by atoms with E-state index in [-0.39, 0.29) is 0 Å². The molecular weight excluding hydrogens is 332 g/mol. The molecule has 8 atom stereocenters. The molecule has 0 saturated heterocycles. The summed E-state index contributed by atoms with van der Waals surface area (Å²) in [5, 5.41) is 0. The van der Waals surface area contributed by atoms with Gasteiger partial charge < -0.3 is 4.74 Å². The molecule has 4 fully saturated rings. The van der Waals surface area contributed by atoms with Crippen molar-refractivity contribution >= 4 is 5.78 Å². The number of rotatable bonds is 5. The highest BCUT2D eigenvalue weighted by Crippen LogP contribution is 2.67. The third-order valence-electron chi connectivity index (χ3n) is 9.97. The zero-order valence-electron chi connectivity index (χ0n) is 18.3. The maximum Gasteiger partial charge on any atom is 0.133 e. The summed E-state index contributed by atoms with van der Waals surface area (Å²) in [6.07, 6.45) is 13.3. The number of ether oxygens (including phenoxy) is 1. The Bertz CT molecular complexity index is 557. The number of ketones is 1. The van der Waals surface area contributed by atoms with E-state index in [1.54, 1.807) is 0 Å². The van der Waals surface area contributed by atoms with Gasteiger partial charge in [0.15, 0.2) is 0 Å². The molecule has 0 N–H and O–H groups in total. The molecule has 27 heavy (non-hydrogen) atoms. The Hall–Kier alpha value is -0.370. The molecule has 4 aliphatic carbocycles. The predicted molar refractivity (Wildman–Crippen MR) is 110 cm³/mol. The van der Waals surface area contributed by atoms with Gasteiger partial charge in [-0.3, -0.25) is 4.79 Å². The summed E-state index contributed by atoms with van der Waals surface area (Å²) < 4.78 is 5.91. The Morgan fingerprint density at radius 1 is 0.963 bits per heavy atom. The Labute approximate surface area is 167 Å². The van der Waals surface area contributed by atoms with E-state index in [0.29, 0.717) is 22.5 Å². The lowest BCUT2D eigenvalue weighted by atomic mass is 9.44. The fourth-order valence-corrected chi connectivity index (χ4v) is 8.56. The van der Waals surface area contributed by atoms with E-state index in [1.807, 2.05) is 6.92 Å². The van der Waals surface area contributed by atoms with Crippen molar-refractivity contribution in [1.29, 1.82) is 0 Å². The molecule has 0 bridgehead atoms. The van der Waals surface area contributed by atoms with Crippen molar-refractivity contribution in [2.45, 2.75) is 91.9 Å². The van der Waals surface area contributed by atoms with E-state index in [0.717, 1.165) is 55.6 Å². The number of hydrogen-bond acceptors (Lipinski definition) is 2. The van der Waals surface area contributed by atoms with Crippen molar-refractivity contribution in [2.75, 3.05) is 13.2 Å². The van der Waals surface area contributed by atoms with Crippen LogP contribution in [0.4, 0.5) is 0 Å². The van der Waals surface area contributed by atoms with Crippen LogP contribution in [0, 0.1) is 46.3 Å². The molecule has 0 amide bonds. The Kier molecular flexibility index (Phi) is 5.51. The van der Waals surface area contributed by atoms with E-state index in [9.17, 15) is 4.79 Å². The zero-order valence-corrected chi connectivity index (χ0v) is 18.3. The van der Waals surface area contributed by atoms with Gasteiger partial charge in [0.2, 0.25) is 0 Å². The zero-order chi connectivity index (χ0) is 19.2. The molecule has 154 valence electrons. The van der Waals surface area contributed by atoms with Crippen molar-refractivity contribution in [2.24, 2.45) is 46.3 Å². The minimum absolute atomic E-state index is 0.307. The normalized spacial score (nSPS) is 49.2. The maximum absolute atomic E-state index is 12.3. The molecule has 1 unspecified atom stereocenters. The summed E-state index contributed by atoms with van der Waals surface area (Å²) >= 11 is 0.